The van der Waals surface area contributed by atoms with Crippen molar-refractivity contribution in [1.29, 1.82) is 0 Å². The zero-order valence-electron chi connectivity index (χ0n) is 19.4. The zero-order valence-corrected chi connectivity index (χ0v) is 19.4. The predicted molar refractivity (Wildman–Crippen MR) is 132 cm³/mol. The highest BCUT2D eigenvalue weighted by Gasteiger charge is 2.30. The van der Waals surface area contributed by atoms with Crippen molar-refractivity contribution in [2.45, 2.75) is 26.7 Å². The average molecular weight is 470 g/mol. The Morgan fingerprint density at radius 2 is 1.71 bits per heavy atom. The number of hydrogen-bond acceptors (Lipinski definition) is 4. The minimum absolute atomic E-state index is 0.0194. The van der Waals surface area contributed by atoms with Crippen molar-refractivity contribution >= 4 is 17.6 Å². The third-order valence-electron chi connectivity index (χ3n) is 5.85. The Morgan fingerprint density at radius 3 is 2.34 bits per heavy atom. The second kappa shape index (κ2) is 9.18. The van der Waals surface area contributed by atoms with E-state index in [1.54, 1.807) is 28.9 Å². The number of carbonyl (C=O) groups excluding carboxylic acids is 2. The molecule has 5 rings (SSSR count). The number of nitrogens with zero attached hydrogens (tertiary/aromatic N) is 2. The first-order chi connectivity index (χ1) is 16.9. The number of benzene rings is 3. The van der Waals surface area contributed by atoms with Gasteiger partial charge >= 0.3 is 5.97 Å². The summed E-state index contributed by atoms with van der Waals surface area (Å²) >= 11 is 0. The molecule has 1 fully saturated rings. The minimum Gasteiger partial charge on any atom is -0.407 e. The van der Waals surface area contributed by atoms with Crippen molar-refractivity contribution in [3.8, 4) is 34.0 Å². The lowest BCUT2D eigenvalue weighted by Crippen LogP contribution is -2.13. The molecule has 35 heavy (non-hydrogen) atoms. The fourth-order valence-corrected chi connectivity index (χ4v) is 3.90. The van der Waals surface area contributed by atoms with Gasteiger partial charge in [-0.05, 0) is 61.7 Å². The molecular weight excluding hydrogens is 445 g/mol. The van der Waals surface area contributed by atoms with E-state index in [1.165, 1.54) is 19.1 Å². The van der Waals surface area contributed by atoms with Crippen LogP contribution < -0.4 is 10.1 Å². The topological polar surface area (TPSA) is 73.2 Å². The summed E-state index contributed by atoms with van der Waals surface area (Å²) in [5.74, 6) is -0.553. The second-order valence-corrected chi connectivity index (χ2v) is 8.72. The molecule has 1 amide bonds. The van der Waals surface area contributed by atoms with Crippen LogP contribution in [-0.4, -0.2) is 21.7 Å². The van der Waals surface area contributed by atoms with Gasteiger partial charge in [0.05, 0.1) is 11.3 Å². The van der Waals surface area contributed by atoms with Crippen LogP contribution in [0, 0.1) is 18.7 Å². The Kier molecular flexibility index (Phi) is 5.91. The SMILES string of the molecule is CC(=O)Oc1c(-c2ccc(NC(=O)C3CC3)cc2)c(-c2cccc(F)c2)nn1-c1ccc(C)cc1. The van der Waals surface area contributed by atoms with Gasteiger partial charge in [0, 0.05) is 24.1 Å². The number of aromatic nitrogens is 2. The molecule has 4 aromatic rings. The van der Waals surface area contributed by atoms with Crippen LogP contribution in [0.5, 0.6) is 5.88 Å². The highest BCUT2D eigenvalue weighted by Crippen LogP contribution is 2.41. The quantitative estimate of drug-likeness (QED) is 0.355. The van der Waals surface area contributed by atoms with Gasteiger partial charge in [-0.1, -0.05) is 42.0 Å². The Balaban J connectivity index is 1.66. The molecule has 1 aliphatic carbocycles. The lowest BCUT2D eigenvalue weighted by atomic mass is 10.0. The minimum atomic E-state index is -0.501. The smallest absolute Gasteiger partial charge is 0.309 e. The summed E-state index contributed by atoms with van der Waals surface area (Å²) in [4.78, 5) is 24.3. The molecule has 0 unspecified atom stereocenters. The highest BCUT2D eigenvalue weighted by atomic mass is 19.1. The number of amides is 1. The normalized spacial score (nSPS) is 12.9. The Labute approximate surface area is 202 Å². The van der Waals surface area contributed by atoms with E-state index in [1.807, 2.05) is 43.3 Å². The summed E-state index contributed by atoms with van der Waals surface area (Å²) < 4.78 is 21.4. The lowest BCUT2D eigenvalue weighted by molar-refractivity contribution is -0.132. The van der Waals surface area contributed by atoms with Crippen LogP contribution in [0.2, 0.25) is 0 Å². The molecule has 0 radical (unpaired) electrons. The molecule has 1 aliphatic rings. The number of halogens is 1. The maximum absolute atomic E-state index is 14.2. The Bertz CT molecular complexity index is 1400. The van der Waals surface area contributed by atoms with Gasteiger partial charge in [0.25, 0.3) is 0 Å². The number of aryl methyl sites for hydroxylation is 1. The first-order valence-electron chi connectivity index (χ1n) is 11.4. The Morgan fingerprint density at radius 1 is 1.00 bits per heavy atom. The van der Waals surface area contributed by atoms with Gasteiger partial charge < -0.3 is 10.1 Å². The zero-order chi connectivity index (χ0) is 24.5. The molecule has 0 aliphatic heterocycles. The third kappa shape index (κ3) is 4.84. The first kappa shape index (κ1) is 22.5. The molecule has 176 valence electrons. The molecule has 1 aromatic heterocycles. The van der Waals surface area contributed by atoms with Gasteiger partial charge in [0.1, 0.15) is 11.5 Å². The van der Waals surface area contributed by atoms with Crippen molar-refractivity contribution in [2.75, 3.05) is 5.32 Å². The van der Waals surface area contributed by atoms with Gasteiger partial charge in [0.2, 0.25) is 11.8 Å². The van der Waals surface area contributed by atoms with E-state index < -0.39 is 11.8 Å². The molecule has 0 atom stereocenters. The predicted octanol–water partition coefficient (Wildman–Crippen LogP) is 5.93. The van der Waals surface area contributed by atoms with Gasteiger partial charge in [-0.2, -0.15) is 9.78 Å². The summed E-state index contributed by atoms with van der Waals surface area (Å²) in [6.07, 6.45) is 1.84. The van der Waals surface area contributed by atoms with Crippen molar-refractivity contribution in [3.63, 3.8) is 0 Å². The van der Waals surface area contributed by atoms with Gasteiger partial charge in [-0.15, -0.1) is 0 Å². The van der Waals surface area contributed by atoms with E-state index in [0.29, 0.717) is 33.8 Å². The van der Waals surface area contributed by atoms with Gasteiger partial charge in [0.15, 0.2) is 0 Å². The monoisotopic (exact) mass is 469 g/mol. The molecule has 0 spiro atoms. The van der Waals surface area contributed by atoms with Crippen LogP contribution in [0.1, 0.15) is 25.3 Å². The number of hydrogen-bond donors (Lipinski definition) is 1. The maximum atomic E-state index is 14.2. The van der Waals surface area contributed by atoms with Crippen molar-refractivity contribution < 1.29 is 18.7 Å². The number of nitrogens with one attached hydrogen (secondary N) is 1. The molecule has 1 heterocycles. The van der Waals surface area contributed by atoms with E-state index >= 15 is 0 Å². The standard InChI is InChI=1S/C28H24FN3O3/c1-17-6-14-24(15-7-17)32-28(35-18(2)33)25(26(31-32)21-4-3-5-22(29)16-21)19-10-12-23(13-11-19)30-27(34)20-8-9-20/h3-7,10-16,20H,8-9H2,1-2H3,(H,30,34). The Hall–Kier alpha value is -4.26. The summed E-state index contributed by atoms with van der Waals surface area (Å²) in [7, 11) is 0. The van der Waals surface area contributed by atoms with E-state index in [4.69, 9.17) is 9.84 Å². The summed E-state index contributed by atoms with van der Waals surface area (Å²) in [6.45, 7) is 3.31. The fourth-order valence-electron chi connectivity index (χ4n) is 3.90. The second-order valence-electron chi connectivity index (χ2n) is 8.72. The third-order valence-corrected chi connectivity index (χ3v) is 5.85. The lowest BCUT2D eigenvalue weighted by Gasteiger charge is -2.10. The van der Waals surface area contributed by atoms with Crippen molar-refractivity contribution in [2.24, 2.45) is 5.92 Å². The molecule has 0 bridgehead atoms. The summed E-state index contributed by atoms with van der Waals surface area (Å²) in [6, 6.07) is 21.0. The van der Waals surface area contributed by atoms with E-state index in [2.05, 4.69) is 5.32 Å². The molecule has 0 saturated heterocycles. The number of carbonyl (C=O) groups is 2. The van der Waals surface area contributed by atoms with Crippen LogP contribution >= 0.6 is 0 Å². The largest absolute Gasteiger partial charge is 0.407 e. The van der Waals surface area contributed by atoms with Crippen LogP contribution in [0.4, 0.5) is 10.1 Å². The maximum Gasteiger partial charge on any atom is 0.309 e. The highest BCUT2D eigenvalue weighted by molar-refractivity contribution is 5.94. The number of anilines is 1. The molecule has 3 aromatic carbocycles. The van der Waals surface area contributed by atoms with E-state index in [9.17, 15) is 14.0 Å². The van der Waals surface area contributed by atoms with Gasteiger partial charge in [-0.25, -0.2) is 4.39 Å². The molecule has 1 N–H and O–H groups in total. The van der Waals surface area contributed by atoms with Crippen molar-refractivity contribution in [1.82, 2.24) is 9.78 Å². The molecule has 6 nitrogen and oxygen atoms in total. The van der Waals surface area contributed by atoms with Crippen LogP contribution in [0.15, 0.2) is 72.8 Å². The number of esters is 1. The number of ether oxygens (including phenoxy) is 1. The average Bonchev–Trinajstić information content (AvgIpc) is 3.62. The fraction of sp³-hybridized carbons (Fsp3) is 0.179. The van der Waals surface area contributed by atoms with E-state index in [0.717, 1.165) is 18.4 Å². The van der Waals surface area contributed by atoms with Gasteiger partial charge in [-0.3, -0.25) is 9.59 Å². The summed E-state index contributed by atoms with van der Waals surface area (Å²) in [5.41, 5.74) is 4.72. The van der Waals surface area contributed by atoms with Crippen molar-refractivity contribution in [3.05, 3.63) is 84.2 Å². The first-order valence-corrected chi connectivity index (χ1v) is 11.4. The molecule has 1 saturated carbocycles. The van der Waals surface area contributed by atoms with Crippen LogP contribution in [0.3, 0.4) is 0 Å². The summed E-state index contributed by atoms with van der Waals surface area (Å²) in [5, 5.41) is 7.68. The molecular formula is C28H24FN3O3. The number of rotatable bonds is 6. The van der Waals surface area contributed by atoms with Crippen LogP contribution in [0.25, 0.3) is 28.1 Å². The van der Waals surface area contributed by atoms with E-state index in [-0.39, 0.29) is 17.7 Å². The molecule has 7 heteroatoms. The van der Waals surface area contributed by atoms with Crippen LogP contribution in [-0.2, 0) is 9.59 Å².